The van der Waals surface area contributed by atoms with Crippen LogP contribution in [0, 0.1) is 5.92 Å². The predicted octanol–water partition coefficient (Wildman–Crippen LogP) is 2.94. The molecular formula is C18H20N2O2S. The van der Waals surface area contributed by atoms with Gasteiger partial charge in [0, 0.05) is 24.0 Å². The fourth-order valence-corrected chi connectivity index (χ4v) is 4.58. The predicted molar refractivity (Wildman–Crippen MR) is 91.8 cm³/mol. The largest absolute Gasteiger partial charge is 0.508 e. The standard InChI is InChI=1S/C18H20N2O2S/c21-15-3-1-13(2-4-15)16-5-6-17(23-16)18(22)19-14-9-12-7-8-20(10-12)11-14/h1-6,12,14,21H,7-11H2,(H,19,22). The third-order valence-electron chi connectivity index (χ3n) is 4.78. The number of phenols is 1. The number of nitrogens with one attached hydrogen (secondary N) is 1. The van der Waals surface area contributed by atoms with Crippen LogP contribution in [0.25, 0.3) is 10.4 Å². The van der Waals surface area contributed by atoms with Crippen LogP contribution in [0.3, 0.4) is 0 Å². The van der Waals surface area contributed by atoms with E-state index in [2.05, 4.69) is 10.2 Å². The molecule has 2 bridgehead atoms. The Labute approximate surface area is 139 Å². The van der Waals surface area contributed by atoms with E-state index in [-0.39, 0.29) is 17.7 Å². The number of carbonyl (C=O) groups excluding carboxylic acids is 1. The third kappa shape index (κ3) is 3.12. The molecule has 120 valence electrons. The van der Waals surface area contributed by atoms with E-state index in [0.29, 0.717) is 0 Å². The minimum atomic E-state index is 0.0347. The van der Waals surface area contributed by atoms with Gasteiger partial charge in [-0.15, -0.1) is 11.3 Å². The highest BCUT2D eigenvalue weighted by Gasteiger charge is 2.33. The van der Waals surface area contributed by atoms with Crippen molar-refractivity contribution < 1.29 is 9.90 Å². The summed E-state index contributed by atoms with van der Waals surface area (Å²) in [4.78, 5) is 16.7. The Morgan fingerprint density at radius 1 is 1.17 bits per heavy atom. The van der Waals surface area contributed by atoms with Crippen molar-refractivity contribution in [3.63, 3.8) is 0 Å². The molecule has 4 nitrogen and oxygen atoms in total. The number of phenolic OH excluding ortho intramolecular Hbond substituents is 1. The highest BCUT2D eigenvalue weighted by atomic mass is 32.1. The molecule has 2 N–H and O–H groups in total. The molecule has 4 rings (SSSR count). The summed E-state index contributed by atoms with van der Waals surface area (Å²) in [6.45, 7) is 3.37. The Balaban J connectivity index is 1.44. The number of benzene rings is 1. The number of aromatic hydroxyl groups is 1. The van der Waals surface area contributed by atoms with Gasteiger partial charge >= 0.3 is 0 Å². The second-order valence-electron chi connectivity index (χ2n) is 6.53. The van der Waals surface area contributed by atoms with Crippen LogP contribution in [-0.4, -0.2) is 41.6 Å². The first-order valence-corrected chi connectivity index (χ1v) is 8.91. The summed E-state index contributed by atoms with van der Waals surface area (Å²) < 4.78 is 0. The average molecular weight is 328 g/mol. The van der Waals surface area contributed by atoms with E-state index in [4.69, 9.17) is 0 Å². The zero-order chi connectivity index (χ0) is 15.8. The third-order valence-corrected chi connectivity index (χ3v) is 5.92. The maximum atomic E-state index is 12.5. The van der Waals surface area contributed by atoms with Gasteiger partial charge in [0.25, 0.3) is 5.91 Å². The van der Waals surface area contributed by atoms with Crippen molar-refractivity contribution >= 4 is 17.2 Å². The molecule has 3 heterocycles. The molecule has 2 aliphatic heterocycles. The Morgan fingerprint density at radius 3 is 2.78 bits per heavy atom. The van der Waals surface area contributed by atoms with Crippen LogP contribution in [0.5, 0.6) is 5.75 Å². The lowest BCUT2D eigenvalue weighted by atomic mass is 9.97. The number of hydrogen-bond donors (Lipinski definition) is 2. The quantitative estimate of drug-likeness (QED) is 0.911. The molecule has 1 aromatic heterocycles. The topological polar surface area (TPSA) is 52.6 Å². The second kappa shape index (κ2) is 5.98. The van der Waals surface area contributed by atoms with Gasteiger partial charge in [0.1, 0.15) is 5.75 Å². The average Bonchev–Trinajstić information content (AvgIpc) is 3.15. The minimum Gasteiger partial charge on any atom is -0.508 e. The normalized spacial score (nSPS) is 26.2. The van der Waals surface area contributed by atoms with Crippen LogP contribution >= 0.6 is 11.3 Å². The van der Waals surface area contributed by atoms with Crippen molar-refractivity contribution in [1.82, 2.24) is 10.2 Å². The zero-order valence-electron chi connectivity index (χ0n) is 12.9. The maximum absolute atomic E-state index is 12.5. The number of fused-ring (bicyclic) bond motifs is 2. The Bertz CT molecular complexity index is 698. The summed E-state index contributed by atoms with van der Waals surface area (Å²) in [6, 6.07) is 11.2. The highest BCUT2D eigenvalue weighted by Crippen LogP contribution is 2.30. The van der Waals surface area contributed by atoms with Crippen LogP contribution in [0.4, 0.5) is 0 Å². The molecule has 5 heteroatoms. The molecule has 0 aliphatic carbocycles. The van der Waals surface area contributed by atoms with Crippen molar-refractivity contribution in [1.29, 1.82) is 0 Å². The molecular weight excluding hydrogens is 308 g/mol. The van der Waals surface area contributed by atoms with Gasteiger partial charge in [-0.05, 0) is 67.3 Å². The van der Waals surface area contributed by atoms with Crippen LogP contribution in [-0.2, 0) is 0 Å². The molecule has 1 aromatic carbocycles. The first-order valence-electron chi connectivity index (χ1n) is 8.10. The van der Waals surface area contributed by atoms with Crippen molar-refractivity contribution in [2.24, 2.45) is 5.92 Å². The Morgan fingerprint density at radius 2 is 2.00 bits per heavy atom. The van der Waals surface area contributed by atoms with Gasteiger partial charge in [0.05, 0.1) is 4.88 Å². The van der Waals surface area contributed by atoms with Crippen molar-refractivity contribution in [2.75, 3.05) is 19.6 Å². The Hall–Kier alpha value is -1.85. The van der Waals surface area contributed by atoms with Gasteiger partial charge in [0.2, 0.25) is 0 Å². The fourth-order valence-electron chi connectivity index (χ4n) is 3.66. The molecule has 0 saturated carbocycles. The van der Waals surface area contributed by atoms with Crippen molar-refractivity contribution in [3.05, 3.63) is 41.3 Å². The molecule has 3 unspecified atom stereocenters. The molecule has 0 radical (unpaired) electrons. The first kappa shape index (κ1) is 14.7. The minimum absolute atomic E-state index is 0.0347. The molecule has 23 heavy (non-hydrogen) atoms. The van der Waals surface area contributed by atoms with Gasteiger partial charge in [-0.25, -0.2) is 0 Å². The lowest BCUT2D eigenvalue weighted by Gasteiger charge is -2.30. The monoisotopic (exact) mass is 328 g/mol. The van der Waals surface area contributed by atoms with E-state index in [9.17, 15) is 9.90 Å². The molecule has 2 fully saturated rings. The first-order chi connectivity index (χ1) is 11.2. The van der Waals surface area contributed by atoms with Crippen molar-refractivity contribution in [2.45, 2.75) is 18.9 Å². The van der Waals surface area contributed by atoms with E-state index in [1.54, 1.807) is 12.1 Å². The van der Waals surface area contributed by atoms with Gasteiger partial charge in [0.15, 0.2) is 0 Å². The zero-order valence-corrected chi connectivity index (χ0v) is 13.7. The van der Waals surface area contributed by atoms with Gasteiger partial charge in [-0.2, -0.15) is 0 Å². The summed E-state index contributed by atoms with van der Waals surface area (Å²) in [5, 5.41) is 12.6. The summed E-state index contributed by atoms with van der Waals surface area (Å²) in [7, 11) is 0. The maximum Gasteiger partial charge on any atom is 0.261 e. The van der Waals surface area contributed by atoms with Crippen LogP contribution in [0.2, 0.25) is 0 Å². The lowest BCUT2D eigenvalue weighted by molar-refractivity contribution is 0.0913. The van der Waals surface area contributed by atoms with Gasteiger partial charge in [-0.1, -0.05) is 0 Å². The molecule has 2 aromatic rings. The van der Waals surface area contributed by atoms with Crippen LogP contribution in [0.1, 0.15) is 22.5 Å². The molecule has 2 aliphatic rings. The molecule has 2 saturated heterocycles. The molecule has 3 atom stereocenters. The van der Waals surface area contributed by atoms with Crippen LogP contribution < -0.4 is 5.32 Å². The van der Waals surface area contributed by atoms with E-state index >= 15 is 0 Å². The summed E-state index contributed by atoms with van der Waals surface area (Å²) in [5.74, 6) is 1.04. The SMILES string of the molecule is O=C(NC1CC2CCN(C2)C1)c1ccc(-c2ccc(O)cc2)s1. The number of piperidine rings is 1. The van der Waals surface area contributed by atoms with Crippen LogP contribution in [0.15, 0.2) is 36.4 Å². The number of rotatable bonds is 3. The molecule has 0 spiro atoms. The van der Waals surface area contributed by atoms with Gasteiger partial charge < -0.3 is 15.3 Å². The smallest absolute Gasteiger partial charge is 0.261 e. The Kier molecular flexibility index (Phi) is 3.83. The summed E-state index contributed by atoms with van der Waals surface area (Å²) in [6.07, 6.45) is 2.38. The molecule has 1 amide bonds. The van der Waals surface area contributed by atoms with E-state index in [1.165, 1.54) is 30.8 Å². The van der Waals surface area contributed by atoms with E-state index in [0.717, 1.165) is 34.2 Å². The fraction of sp³-hybridized carbons (Fsp3) is 0.389. The van der Waals surface area contributed by atoms with Crippen molar-refractivity contribution in [3.8, 4) is 16.2 Å². The highest BCUT2D eigenvalue weighted by molar-refractivity contribution is 7.17. The lowest BCUT2D eigenvalue weighted by Crippen LogP contribution is -2.46. The number of hydrogen-bond acceptors (Lipinski definition) is 4. The second-order valence-corrected chi connectivity index (χ2v) is 7.61. The van der Waals surface area contributed by atoms with E-state index < -0.39 is 0 Å². The number of nitrogens with zero attached hydrogens (tertiary/aromatic N) is 1. The van der Waals surface area contributed by atoms with Gasteiger partial charge in [-0.3, -0.25) is 4.79 Å². The van der Waals surface area contributed by atoms with E-state index in [1.807, 2.05) is 24.3 Å². The number of amides is 1. The number of carbonyl (C=O) groups is 1. The summed E-state index contributed by atoms with van der Waals surface area (Å²) in [5.41, 5.74) is 1.02. The number of thiophene rings is 1. The summed E-state index contributed by atoms with van der Waals surface area (Å²) >= 11 is 1.50.